The van der Waals surface area contributed by atoms with Gasteiger partial charge in [-0.1, -0.05) is 57.6 Å². The molecule has 0 bridgehead atoms. The SMILES string of the molecule is CC(=O)c1sc(NC(=O)COc2ccc(Br)cc2F)nc1-c1ccccc1. The van der Waals surface area contributed by atoms with E-state index in [4.69, 9.17) is 4.74 Å². The van der Waals surface area contributed by atoms with E-state index in [-0.39, 0.29) is 23.3 Å². The largest absolute Gasteiger partial charge is 0.481 e. The predicted molar refractivity (Wildman–Crippen MR) is 106 cm³/mol. The zero-order valence-electron chi connectivity index (χ0n) is 14.2. The zero-order valence-corrected chi connectivity index (χ0v) is 16.6. The molecule has 0 unspecified atom stereocenters. The molecule has 0 saturated carbocycles. The van der Waals surface area contributed by atoms with Crippen molar-refractivity contribution in [1.29, 1.82) is 0 Å². The third-order valence-electron chi connectivity index (χ3n) is 3.49. The lowest BCUT2D eigenvalue weighted by molar-refractivity contribution is -0.118. The standard InChI is InChI=1S/C19H14BrFN2O3S/c1-11(24)18-17(12-5-3-2-4-6-12)23-19(27-18)22-16(25)10-26-15-8-7-13(20)9-14(15)21/h2-9H,10H2,1H3,(H,22,23,25). The van der Waals surface area contributed by atoms with Gasteiger partial charge in [0.15, 0.2) is 29.1 Å². The molecule has 0 saturated heterocycles. The van der Waals surface area contributed by atoms with Crippen molar-refractivity contribution in [2.24, 2.45) is 0 Å². The number of carbonyl (C=O) groups is 2. The predicted octanol–water partition coefficient (Wildman–Crippen LogP) is 4.93. The number of ether oxygens (including phenoxy) is 1. The summed E-state index contributed by atoms with van der Waals surface area (Å²) < 4.78 is 19.5. The average molecular weight is 449 g/mol. The number of halogens is 2. The van der Waals surface area contributed by atoms with Gasteiger partial charge in [0, 0.05) is 17.0 Å². The molecule has 1 N–H and O–H groups in total. The van der Waals surface area contributed by atoms with E-state index in [1.807, 2.05) is 30.3 Å². The Morgan fingerprint density at radius 2 is 1.96 bits per heavy atom. The molecule has 1 amide bonds. The summed E-state index contributed by atoms with van der Waals surface area (Å²) in [6.07, 6.45) is 0. The van der Waals surface area contributed by atoms with Gasteiger partial charge in [-0.15, -0.1) is 0 Å². The van der Waals surface area contributed by atoms with E-state index in [0.717, 1.165) is 16.9 Å². The first-order valence-corrected chi connectivity index (χ1v) is 9.50. The minimum Gasteiger partial charge on any atom is -0.481 e. The van der Waals surface area contributed by atoms with Crippen LogP contribution in [-0.2, 0) is 4.79 Å². The molecule has 0 radical (unpaired) electrons. The summed E-state index contributed by atoms with van der Waals surface area (Å²) >= 11 is 4.24. The first-order valence-electron chi connectivity index (χ1n) is 7.89. The maximum atomic E-state index is 13.7. The van der Waals surface area contributed by atoms with E-state index in [9.17, 15) is 14.0 Å². The van der Waals surface area contributed by atoms with Crippen molar-refractivity contribution >= 4 is 44.1 Å². The van der Waals surface area contributed by atoms with Gasteiger partial charge in [0.2, 0.25) is 0 Å². The number of aromatic nitrogens is 1. The van der Waals surface area contributed by atoms with E-state index in [0.29, 0.717) is 15.0 Å². The molecule has 0 fully saturated rings. The molecule has 0 aliphatic heterocycles. The molecule has 27 heavy (non-hydrogen) atoms. The fourth-order valence-electron chi connectivity index (χ4n) is 2.29. The van der Waals surface area contributed by atoms with E-state index < -0.39 is 11.7 Å². The number of hydrogen-bond donors (Lipinski definition) is 1. The summed E-state index contributed by atoms with van der Waals surface area (Å²) in [6, 6.07) is 13.5. The second-order valence-corrected chi connectivity index (χ2v) is 7.45. The number of Topliss-reactive ketones (excluding diaryl/α,β-unsaturated/α-hetero) is 1. The Kier molecular flexibility index (Phi) is 5.98. The van der Waals surface area contributed by atoms with Gasteiger partial charge in [0.05, 0.1) is 10.6 Å². The van der Waals surface area contributed by atoms with Crippen molar-refractivity contribution < 1.29 is 18.7 Å². The summed E-state index contributed by atoms with van der Waals surface area (Å²) in [6.45, 7) is 1.07. The minimum atomic E-state index is -0.573. The molecule has 5 nitrogen and oxygen atoms in total. The molecule has 2 aromatic carbocycles. The number of nitrogens with zero attached hydrogens (tertiary/aromatic N) is 1. The molecule has 0 aliphatic carbocycles. The van der Waals surface area contributed by atoms with Gasteiger partial charge in [-0.3, -0.25) is 14.9 Å². The quantitative estimate of drug-likeness (QED) is 0.542. The normalized spacial score (nSPS) is 10.5. The number of carbonyl (C=O) groups excluding carboxylic acids is 2. The fraction of sp³-hybridized carbons (Fsp3) is 0.105. The van der Waals surface area contributed by atoms with Gasteiger partial charge in [-0.25, -0.2) is 9.37 Å². The van der Waals surface area contributed by atoms with Crippen LogP contribution in [0.1, 0.15) is 16.6 Å². The monoisotopic (exact) mass is 448 g/mol. The van der Waals surface area contributed by atoms with Crippen LogP contribution in [-0.4, -0.2) is 23.3 Å². The Morgan fingerprint density at radius 1 is 1.22 bits per heavy atom. The van der Waals surface area contributed by atoms with E-state index >= 15 is 0 Å². The van der Waals surface area contributed by atoms with Gasteiger partial charge >= 0.3 is 0 Å². The van der Waals surface area contributed by atoms with Crippen LogP contribution in [0.25, 0.3) is 11.3 Å². The lowest BCUT2D eigenvalue weighted by atomic mass is 10.1. The molecule has 1 aromatic heterocycles. The van der Waals surface area contributed by atoms with E-state index in [1.165, 1.54) is 19.1 Å². The van der Waals surface area contributed by atoms with E-state index in [1.54, 1.807) is 6.07 Å². The number of amides is 1. The van der Waals surface area contributed by atoms with Crippen molar-refractivity contribution in [2.45, 2.75) is 6.92 Å². The fourth-order valence-corrected chi connectivity index (χ4v) is 3.53. The topological polar surface area (TPSA) is 68.3 Å². The van der Waals surface area contributed by atoms with Crippen molar-refractivity contribution in [3.05, 3.63) is 63.7 Å². The average Bonchev–Trinajstić information content (AvgIpc) is 3.06. The van der Waals surface area contributed by atoms with Crippen molar-refractivity contribution in [3.63, 3.8) is 0 Å². The zero-order chi connectivity index (χ0) is 19.4. The summed E-state index contributed by atoms with van der Waals surface area (Å²) in [7, 11) is 0. The van der Waals surface area contributed by atoms with Crippen LogP contribution >= 0.6 is 27.3 Å². The molecule has 0 atom stereocenters. The molecule has 3 aromatic rings. The van der Waals surface area contributed by atoms with Crippen molar-refractivity contribution in [1.82, 2.24) is 4.98 Å². The number of ketones is 1. The number of benzene rings is 2. The highest BCUT2D eigenvalue weighted by atomic mass is 79.9. The van der Waals surface area contributed by atoms with Gasteiger partial charge in [-0.2, -0.15) is 0 Å². The first-order chi connectivity index (χ1) is 12.9. The summed E-state index contributed by atoms with van der Waals surface area (Å²) in [4.78, 5) is 28.8. The maximum Gasteiger partial charge on any atom is 0.264 e. The highest BCUT2D eigenvalue weighted by molar-refractivity contribution is 9.10. The van der Waals surface area contributed by atoms with Gasteiger partial charge in [0.25, 0.3) is 5.91 Å². The smallest absolute Gasteiger partial charge is 0.264 e. The number of hydrogen-bond acceptors (Lipinski definition) is 5. The highest BCUT2D eigenvalue weighted by Crippen LogP contribution is 2.31. The molecule has 0 aliphatic rings. The van der Waals surface area contributed by atoms with Crippen LogP contribution in [0, 0.1) is 5.82 Å². The van der Waals surface area contributed by atoms with Crippen LogP contribution in [0.2, 0.25) is 0 Å². The Balaban J connectivity index is 1.71. The van der Waals surface area contributed by atoms with Gasteiger partial charge in [-0.05, 0) is 18.2 Å². The molecule has 138 valence electrons. The Bertz CT molecular complexity index is 992. The number of rotatable bonds is 6. The lowest BCUT2D eigenvalue weighted by Gasteiger charge is -2.07. The number of thiazole rings is 1. The van der Waals surface area contributed by atoms with Gasteiger partial charge < -0.3 is 4.74 Å². The Labute approximate surface area is 167 Å². The van der Waals surface area contributed by atoms with Crippen molar-refractivity contribution in [3.8, 4) is 17.0 Å². The third-order valence-corrected chi connectivity index (χ3v) is 5.06. The summed E-state index contributed by atoms with van der Waals surface area (Å²) in [5, 5.41) is 2.87. The molecule has 8 heteroatoms. The van der Waals surface area contributed by atoms with Crippen LogP contribution in [0.15, 0.2) is 53.0 Å². The van der Waals surface area contributed by atoms with Crippen molar-refractivity contribution in [2.75, 3.05) is 11.9 Å². The second kappa shape index (κ2) is 8.41. The van der Waals surface area contributed by atoms with Crippen LogP contribution in [0.3, 0.4) is 0 Å². The molecular weight excluding hydrogens is 435 g/mol. The molecule has 0 spiro atoms. The highest BCUT2D eigenvalue weighted by Gasteiger charge is 2.18. The Hall–Kier alpha value is -2.58. The van der Waals surface area contributed by atoms with Crippen LogP contribution in [0.4, 0.5) is 9.52 Å². The molecule has 3 rings (SSSR count). The number of nitrogens with one attached hydrogen (secondary N) is 1. The lowest BCUT2D eigenvalue weighted by Crippen LogP contribution is -2.20. The van der Waals surface area contributed by atoms with Crippen LogP contribution < -0.4 is 10.1 Å². The van der Waals surface area contributed by atoms with Crippen LogP contribution in [0.5, 0.6) is 5.75 Å². The first kappa shape index (κ1) is 19.2. The van der Waals surface area contributed by atoms with Gasteiger partial charge in [0.1, 0.15) is 0 Å². The Morgan fingerprint density at radius 3 is 2.63 bits per heavy atom. The summed E-state index contributed by atoms with van der Waals surface area (Å²) in [5.74, 6) is -1.24. The molecular formula is C19H14BrFN2O3S. The second-order valence-electron chi connectivity index (χ2n) is 5.53. The minimum absolute atomic E-state index is 0.0260. The van der Waals surface area contributed by atoms with E-state index in [2.05, 4.69) is 26.2 Å². The summed E-state index contributed by atoms with van der Waals surface area (Å²) in [5.41, 5.74) is 1.30. The maximum absolute atomic E-state index is 13.7. The molecule has 1 heterocycles. The number of anilines is 1. The third kappa shape index (κ3) is 4.78.